The van der Waals surface area contributed by atoms with E-state index in [0.717, 1.165) is 32.5 Å². The molecule has 1 atom stereocenters. The Bertz CT molecular complexity index is 354. The minimum atomic E-state index is 0.377. The number of hydrogen-bond acceptors (Lipinski definition) is 3. The Labute approximate surface area is 104 Å². The first-order valence-corrected chi connectivity index (χ1v) is 6.43. The van der Waals surface area contributed by atoms with Crippen LogP contribution >= 0.6 is 0 Å². The molecule has 0 amide bonds. The molecule has 94 valence electrons. The standard InChI is InChI=1S/C14H22N2O/c1-12-4-2-5-13(10-12)16-8-6-14(11-16)17-9-3-7-15/h2,4-5,10,14H,3,6-9,11,15H2,1H3. The number of nitrogens with two attached hydrogens (primary N) is 1. The summed E-state index contributed by atoms with van der Waals surface area (Å²) >= 11 is 0. The maximum absolute atomic E-state index is 5.80. The van der Waals surface area contributed by atoms with Gasteiger partial charge in [0.1, 0.15) is 0 Å². The van der Waals surface area contributed by atoms with Gasteiger partial charge in [-0.25, -0.2) is 0 Å². The number of ether oxygens (including phenoxy) is 1. The van der Waals surface area contributed by atoms with Gasteiger partial charge in [-0.1, -0.05) is 12.1 Å². The van der Waals surface area contributed by atoms with Gasteiger partial charge in [0.15, 0.2) is 0 Å². The molecule has 1 aromatic carbocycles. The summed E-state index contributed by atoms with van der Waals surface area (Å²) in [4.78, 5) is 2.40. The highest BCUT2D eigenvalue weighted by molar-refractivity contribution is 5.49. The summed E-state index contributed by atoms with van der Waals surface area (Å²) in [5.74, 6) is 0. The van der Waals surface area contributed by atoms with Crippen molar-refractivity contribution in [2.24, 2.45) is 5.73 Å². The highest BCUT2D eigenvalue weighted by atomic mass is 16.5. The molecule has 1 unspecified atom stereocenters. The quantitative estimate of drug-likeness (QED) is 0.791. The molecule has 2 N–H and O–H groups in total. The molecule has 3 heteroatoms. The van der Waals surface area contributed by atoms with E-state index in [2.05, 4.69) is 36.1 Å². The van der Waals surface area contributed by atoms with Gasteiger partial charge in [0.25, 0.3) is 0 Å². The largest absolute Gasteiger partial charge is 0.376 e. The Morgan fingerprint density at radius 2 is 2.35 bits per heavy atom. The number of anilines is 1. The first-order chi connectivity index (χ1) is 8.29. The average molecular weight is 234 g/mol. The van der Waals surface area contributed by atoms with Gasteiger partial charge in [-0.3, -0.25) is 0 Å². The molecule has 2 rings (SSSR count). The molecular weight excluding hydrogens is 212 g/mol. The Morgan fingerprint density at radius 3 is 3.12 bits per heavy atom. The van der Waals surface area contributed by atoms with Crippen molar-refractivity contribution < 1.29 is 4.74 Å². The Morgan fingerprint density at radius 1 is 1.47 bits per heavy atom. The third kappa shape index (κ3) is 3.45. The molecule has 1 saturated heterocycles. The highest BCUT2D eigenvalue weighted by Crippen LogP contribution is 2.22. The van der Waals surface area contributed by atoms with E-state index in [1.807, 2.05) is 0 Å². The summed E-state index contributed by atoms with van der Waals surface area (Å²) in [6.07, 6.45) is 2.46. The topological polar surface area (TPSA) is 38.5 Å². The van der Waals surface area contributed by atoms with Crippen LogP contribution in [0.3, 0.4) is 0 Å². The molecule has 0 aliphatic carbocycles. The summed E-state index contributed by atoms with van der Waals surface area (Å²) in [6.45, 7) is 5.75. The predicted octanol–water partition coefficient (Wildman–Crippen LogP) is 1.94. The summed E-state index contributed by atoms with van der Waals surface area (Å²) < 4.78 is 5.80. The van der Waals surface area contributed by atoms with Crippen molar-refractivity contribution in [1.29, 1.82) is 0 Å². The molecule has 1 aliphatic heterocycles. The van der Waals surface area contributed by atoms with Crippen LogP contribution in [-0.2, 0) is 4.74 Å². The molecule has 0 radical (unpaired) electrons. The lowest BCUT2D eigenvalue weighted by Gasteiger charge is -2.19. The summed E-state index contributed by atoms with van der Waals surface area (Å²) in [5, 5.41) is 0. The lowest BCUT2D eigenvalue weighted by atomic mass is 10.2. The maximum atomic E-state index is 5.80. The van der Waals surface area contributed by atoms with Crippen LogP contribution in [0.2, 0.25) is 0 Å². The fraction of sp³-hybridized carbons (Fsp3) is 0.571. The van der Waals surface area contributed by atoms with E-state index in [9.17, 15) is 0 Å². The molecule has 1 heterocycles. The van der Waals surface area contributed by atoms with E-state index in [1.165, 1.54) is 11.3 Å². The summed E-state index contributed by atoms with van der Waals surface area (Å²) in [6, 6.07) is 8.67. The van der Waals surface area contributed by atoms with Crippen LogP contribution in [0.4, 0.5) is 5.69 Å². The molecule has 3 nitrogen and oxygen atoms in total. The molecule has 0 aromatic heterocycles. The smallest absolute Gasteiger partial charge is 0.0766 e. The highest BCUT2D eigenvalue weighted by Gasteiger charge is 2.22. The van der Waals surface area contributed by atoms with Gasteiger partial charge in [0.05, 0.1) is 6.10 Å². The normalized spacial score (nSPS) is 19.9. The van der Waals surface area contributed by atoms with Gasteiger partial charge >= 0.3 is 0 Å². The van der Waals surface area contributed by atoms with Gasteiger partial charge in [0.2, 0.25) is 0 Å². The van der Waals surface area contributed by atoms with Gasteiger partial charge < -0.3 is 15.4 Å². The molecular formula is C14H22N2O. The fourth-order valence-corrected chi connectivity index (χ4v) is 2.26. The molecule has 0 saturated carbocycles. The van der Waals surface area contributed by atoms with Gasteiger partial charge in [0, 0.05) is 25.4 Å². The predicted molar refractivity (Wildman–Crippen MR) is 71.4 cm³/mol. The number of benzene rings is 1. The zero-order chi connectivity index (χ0) is 12.1. The van der Waals surface area contributed by atoms with Crippen LogP contribution in [0.1, 0.15) is 18.4 Å². The van der Waals surface area contributed by atoms with Crippen molar-refractivity contribution in [1.82, 2.24) is 0 Å². The fourth-order valence-electron chi connectivity index (χ4n) is 2.26. The second-order valence-electron chi connectivity index (χ2n) is 4.71. The molecule has 1 aliphatic rings. The van der Waals surface area contributed by atoms with Gasteiger partial charge in [-0.2, -0.15) is 0 Å². The van der Waals surface area contributed by atoms with Crippen molar-refractivity contribution in [2.45, 2.75) is 25.9 Å². The van der Waals surface area contributed by atoms with Crippen LogP contribution in [0, 0.1) is 6.92 Å². The van der Waals surface area contributed by atoms with Crippen LogP contribution in [0.5, 0.6) is 0 Å². The van der Waals surface area contributed by atoms with E-state index >= 15 is 0 Å². The van der Waals surface area contributed by atoms with E-state index in [1.54, 1.807) is 0 Å². The first kappa shape index (κ1) is 12.4. The molecule has 0 spiro atoms. The number of hydrogen-bond donors (Lipinski definition) is 1. The monoisotopic (exact) mass is 234 g/mol. The van der Waals surface area contributed by atoms with Crippen molar-refractivity contribution >= 4 is 5.69 Å². The van der Waals surface area contributed by atoms with Crippen LogP contribution < -0.4 is 10.6 Å². The zero-order valence-electron chi connectivity index (χ0n) is 10.6. The van der Waals surface area contributed by atoms with Crippen molar-refractivity contribution in [2.75, 3.05) is 31.1 Å². The van der Waals surface area contributed by atoms with Crippen molar-refractivity contribution in [3.05, 3.63) is 29.8 Å². The average Bonchev–Trinajstić information content (AvgIpc) is 2.78. The molecule has 0 bridgehead atoms. The maximum Gasteiger partial charge on any atom is 0.0766 e. The first-order valence-electron chi connectivity index (χ1n) is 6.43. The number of nitrogens with zero attached hydrogens (tertiary/aromatic N) is 1. The number of aryl methyl sites for hydroxylation is 1. The Hall–Kier alpha value is -1.06. The van der Waals surface area contributed by atoms with Crippen LogP contribution in [0.25, 0.3) is 0 Å². The minimum Gasteiger partial charge on any atom is -0.376 e. The lowest BCUT2D eigenvalue weighted by molar-refractivity contribution is 0.0676. The molecule has 17 heavy (non-hydrogen) atoms. The summed E-state index contributed by atoms with van der Waals surface area (Å²) in [5.41, 5.74) is 8.09. The van der Waals surface area contributed by atoms with Crippen LogP contribution in [0.15, 0.2) is 24.3 Å². The minimum absolute atomic E-state index is 0.377. The van der Waals surface area contributed by atoms with E-state index in [-0.39, 0.29) is 0 Å². The van der Waals surface area contributed by atoms with Crippen molar-refractivity contribution in [3.63, 3.8) is 0 Å². The van der Waals surface area contributed by atoms with E-state index in [4.69, 9.17) is 10.5 Å². The third-order valence-electron chi connectivity index (χ3n) is 3.21. The second-order valence-corrected chi connectivity index (χ2v) is 4.71. The van der Waals surface area contributed by atoms with Gasteiger partial charge in [-0.15, -0.1) is 0 Å². The zero-order valence-corrected chi connectivity index (χ0v) is 10.6. The Kier molecular flexibility index (Phi) is 4.40. The Balaban J connectivity index is 1.85. The second kappa shape index (κ2) is 6.03. The molecule has 1 fully saturated rings. The summed E-state index contributed by atoms with van der Waals surface area (Å²) in [7, 11) is 0. The van der Waals surface area contributed by atoms with E-state index in [0.29, 0.717) is 12.6 Å². The SMILES string of the molecule is Cc1cccc(N2CCC(OCCCN)C2)c1. The third-order valence-corrected chi connectivity index (χ3v) is 3.21. The molecule has 1 aromatic rings. The number of rotatable bonds is 5. The van der Waals surface area contributed by atoms with Crippen LogP contribution in [-0.4, -0.2) is 32.3 Å². The van der Waals surface area contributed by atoms with Crippen molar-refractivity contribution in [3.8, 4) is 0 Å². The lowest BCUT2D eigenvalue weighted by Crippen LogP contribution is -2.23. The van der Waals surface area contributed by atoms with E-state index < -0.39 is 0 Å². The van der Waals surface area contributed by atoms with Gasteiger partial charge in [-0.05, 0) is 44.0 Å².